The molecule has 0 saturated carbocycles. The maximum Gasteiger partial charge on any atom is 0.326 e. The van der Waals surface area contributed by atoms with Crippen molar-refractivity contribution in [2.24, 2.45) is 0 Å². The molecular formula is C21H18Cl2N4O5. The first-order valence-electron chi connectivity index (χ1n) is 9.48. The number of hydrogen-bond donors (Lipinski definition) is 4. The standard InChI is InChI=1S/C21H18Cl2N4O5/c1-2-25-16-17(19(29)18(16)28)26-14(21(31)32)7-10-3-5-11(6-4-10)20(30)27-15-12(22)8-24-9-13(15)23/h3-6,8-9,14,25-26H,2,7H2,1H3,(H,31,32)(H,24,27,30)/t14-/m0/s1. The van der Waals surface area contributed by atoms with E-state index in [4.69, 9.17) is 23.2 Å². The zero-order chi connectivity index (χ0) is 23.4. The Kier molecular flexibility index (Phi) is 7.12. The quantitative estimate of drug-likeness (QED) is 0.346. The van der Waals surface area contributed by atoms with Gasteiger partial charge in [-0.15, -0.1) is 0 Å². The minimum atomic E-state index is -1.19. The van der Waals surface area contributed by atoms with Crippen molar-refractivity contribution in [3.63, 3.8) is 0 Å². The summed E-state index contributed by atoms with van der Waals surface area (Å²) in [4.78, 5) is 51.4. The van der Waals surface area contributed by atoms with Crippen LogP contribution in [0.25, 0.3) is 0 Å². The number of carbonyl (C=O) groups excluding carboxylic acids is 1. The van der Waals surface area contributed by atoms with Crippen LogP contribution >= 0.6 is 23.2 Å². The molecule has 0 aliphatic heterocycles. The molecule has 4 N–H and O–H groups in total. The molecule has 0 fully saturated rings. The number of pyridine rings is 1. The lowest BCUT2D eigenvalue weighted by Gasteiger charge is -2.19. The predicted molar refractivity (Wildman–Crippen MR) is 123 cm³/mol. The minimum Gasteiger partial charge on any atom is -0.480 e. The minimum absolute atomic E-state index is 0.0175. The fourth-order valence-corrected chi connectivity index (χ4v) is 3.45. The van der Waals surface area contributed by atoms with E-state index in [-0.39, 0.29) is 33.5 Å². The van der Waals surface area contributed by atoms with Crippen LogP contribution in [0.3, 0.4) is 0 Å². The molecule has 1 heterocycles. The average molecular weight is 477 g/mol. The number of rotatable bonds is 9. The van der Waals surface area contributed by atoms with Gasteiger partial charge >= 0.3 is 5.97 Å². The summed E-state index contributed by atoms with van der Waals surface area (Å²) in [5.74, 6) is -1.65. The van der Waals surface area contributed by atoms with E-state index in [0.29, 0.717) is 17.7 Å². The number of nitrogens with zero attached hydrogens (tertiary/aromatic N) is 1. The predicted octanol–water partition coefficient (Wildman–Crippen LogP) is 2.78. The number of aliphatic carboxylic acids is 1. The van der Waals surface area contributed by atoms with Gasteiger partial charge in [-0.3, -0.25) is 19.4 Å². The van der Waals surface area contributed by atoms with Crippen molar-refractivity contribution in [2.45, 2.75) is 19.4 Å². The van der Waals surface area contributed by atoms with Gasteiger partial charge in [-0.05, 0) is 24.6 Å². The van der Waals surface area contributed by atoms with Gasteiger partial charge < -0.3 is 21.1 Å². The van der Waals surface area contributed by atoms with Crippen molar-refractivity contribution in [1.82, 2.24) is 4.98 Å². The second-order valence-electron chi connectivity index (χ2n) is 6.81. The molecule has 1 aromatic heterocycles. The third kappa shape index (κ3) is 4.90. The molecule has 0 spiro atoms. The van der Waals surface area contributed by atoms with Crippen LogP contribution in [0, 0.1) is 0 Å². The summed E-state index contributed by atoms with van der Waals surface area (Å²) in [5.41, 5.74) is -0.247. The summed E-state index contributed by atoms with van der Waals surface area (Å²) in [6, 6.07) is 5.08. The highest BCUT2D eigenvalue weighted by Gasteiger charge is 2.26. The average Bonchev–Trinajstić information content (AvgIpc) is 2.77. The maximum atomic E-state index is 12.5. The van der Waals surface area contributed by atoms with E-state index in [2.05, 4.69) is 20.9 Å². The van der Waals surface area contributed by atoms with Crippen LogP contribution in [0.1, 0.15) is 22.8 Å². The van der Waals surface area contributed by atoms with Crippen molar-refractivity contribution in [3.8, 4) is 0 Å². The molecule has 11 heteroatoms. The van der Waals surface area contributed by atoms with Crippen molar-refractivity contribution in [1.29, 1.82) is 0 Å². The second-order valence-corrected chi connectivity index (χ2v) is 7.62. The molecule has 166 valence electrons. The van der Waals surface area contributed by atoms with Gasteiger partial charge in [-0.25, -0.2) is 4.79 Å². The Balaban J connectivity index is 1.71. The number of amides is 1. The number of anilines is 3. The molecule has 9 nitrogen and oxygen atoms in total. The highest BCUT2D eigenvalue weighted by Crippen LogP contribution is 2.29. The normalized spacial score (nSPS) is 11.7. The van der Waals surface area contributed by atoms with Crippen LogP contribution in [0.4, 0.5) is 17.1 Å². The number of hydrogen-bond acceptors (Lipinski definition) is 7. The maximum absolute atomic E-state index is 12.5. The van der Waals surface area contributed by atoms with Crippen LogP contribution in [-0.2, 0) is 11.2 Å². The fraction of sp³-hybridized carbons (Fsp3) is 0.190. The van der Waals surface area contributed by atoms with E-state index in [0.717, 1.165) is 0 Å². The molecule has 0 radical (unpaired) electrons. The first-order valence-corrected chi connectivity index (χ1v) is 10.2. The molecule has 1 atom stereocenters. The lowest BCUT2D eigenvalue weighted by Crippen LogP contribution is -2.42. The summed E-state index contributed by atoms with van der Waals surface area (Å²) < 4.78 is 0. The first kappa shape index (κ1) is 23.2. The number of aromatic nitrogens is 1. The summed E-state index contributed by atoms with van der Waals surface area (Å²) in [6.45, 7) is 2.17. The van der Waals surface area contributed by atoms with Gasteiger partial charge in [0.2, 0.25) is 0 Å². The van der Waals surface area contributed by atoms with Crippen LogP contribution in [0.15, 0.2) is 46.2 Å². The number of nitrogens with one attached hydrogen (secondary N) is 3. The SMILES string of the molecule is CCNc1c(N[C@@H](Cc2ccc(C(=O)Nc3c(Cl)cncc3Cl)cc2)C(=O)O)c(=O)c1=O. The molecule has 0 unspecified atom stereocenters. The first-order chi connectivity index (χ1) is 15.2. The number of carboxylic acid groups (broad SMARTS) is 1. The zero-order valence-electron chi connectivity index (χ0n) is 16.7. The molecule has 2 aromatic carbocycles. The Morgan fingerprint density at radius 2 is 1.59 bits per heavy atom. The Morgan fingerprint density at radius 3 is 2.16 bits per heavy atom. The van der Waals surface area contributed by atoms with Gasteiger partial charge in [0.25, 0.3) is 16.8 Å². The molecule has 3 aromatic rings. The van der Waals surface area contributed by atoms with Crippen molar-refractivity contribution in [2.75, 3.05) is 22.5 Å². The Bertz CT molecular complexity index is 1220. The summed E-state index contributed by atoms with van der Waals surface area (Å²) >= 11 is 12.0. The summed E-state index contributed by atoms with van der Waals surface area (Å²) in [6.07, 6.45) is 2.72. The molecule has 0 aliphatic rings. The second kappa shape index (κ2) is 9.80. The van der Waals surface area contributed by atoms with E-state index < -0.39 is 28.8 Å². The molecule has 0 bridgehead atoms. The van der Waals surface area contributed by atoms with E-state index in [1.54, 1.807) is 19.1 Å². The van der Waals surface area contributed by atoms with Gasteiger partial charge in [0.05, 0.1) is 15.7 Å². The Hall–Kier alpha value is -3.43. The van der Waals surface area contributed by atoms with Crippen LogP contribution in [0.2, 0.25) is 10.0 Å². The van der Waals surface area contributed by atoms with E-state index in [1.807, 2.05) is 0 Å². The third-order valence-corrected chi connectivity index (χ3v) is 5.20. The number of halogens is 2. The number of benzene rings is 1. The van der Waals surface area contributed by atoms with Gasteiger partial charge in [-0.1, -0.05) is 35.3 Å². The van der Waals surface area contributed by atoms with Crippen LogP contribution in [-0.4, -0.2) is 34.6 Å². The fourth-order valence-electron chi connectivity index (χ4n) is 2.99. The summed E-state index contributed by atoms with van der Waals surface area (Å²) in [7, 11) is 0. The number of carbonyl (C=O) groups is 2. The van der Waals surface area contributed by atoms with Gasteiger partial charge in [-0.2, -0.15) is 0 Å². The molecule has 0 aliphatic carbocycles. The largest absolute Gasteiger partial charge is 0.480 e. The molecule has 32 heavy (non-hydrogen) atoms. The molecule has 1 amide bonds. The van der Waals surface area contributed by atoms with Crippen molar-refractivity contribution < 1.29 is 14.7 Å². The smallest absolute Gasteiger partial charge is 0.326 e. The summed E-state index contributed by atoms with van der Waals surface area (Å²) in [5, 5.41) is 17.9. The number of carboxylic acids is 1. The lowest BCUT2D eigenvalue weighted by atomic mass is 10.0. The van der Waals surface area contributed by atoms with Gasteiger partial charge in [0.15, 0.2) is 0 Å². The monoisotopic (exact) mass is 476 g/mol. The van der Waals surface area contributed by atoms with E-state index >= 15 is 0 Å². The van der Waals surface area contributed by atoms with Crippen molar-refractivity contribution >= 4 is 52.1 Å². The zero-order valence-corrected chi connectivity index (χ0v) is 18.3. The van der Waals surface area contributed by atoms with E-state index in [1.165, 1.54) is 24.5 Å². The van der Waals surface area contributed by atoms with Crippen molar-refractivity contribution in [3.05, 3.63) is 78.3 Å². The van der Waals surface area contributed by atoms with Crippen LogP contribution in [0.5, 0.6) is 0 Å². The highest BCUT2D eigenvalue weighted by molar-refractivity contribution is 6.39. The van der Waals surface area contributed by atoms with E-state index in [9.17, 15) is 24.3 Å². The molecule has 3 rings (SSSR count). The highest BCUT2D eigenvalue weighted by atomic mass is 35.5. The Morgan fingerprint density at radius 1 is 1.00 bits per heavy atom. The van der Waals surface area contributed by atoms with Crippen LogP contribution < -0.4 is 26.8 Å². The molecule has 0 saturated heterocycles. The van der Waals surface area contributed by atoms with Gasteiger partial charge in [0, 0.05) is 30.9 Å². The third-order valence-electron chi connectivity index (χ3n) is 4.63. The lowest BCUT2D eigenvalue weighted by molar-refractivity contribution is -0.137. The molecular weight excluding hydrogens is 459 g/mol. The Labute approximate surface area is 192 Å². The van der Waals surface area contributed by atoms with Gasteiger partial charge in [0.1, 0.15) is 17.4 Å². The topological polar surface area (TPSA) is 137 Å².